The first-order valence-electron chi connectivity index (χ1n) is 6.17. The Morgan fingerprint density at radius 3 is 2.64 bits per heavy atom. The van der Waals surface area contributed by atoms with Crippen LogP contribution in [0.4, 0.5) is 10.1 Å². The summed E-state index contributed by atoms with van der Waals surface area (Å²) in [6.45, 7) is 0. The van der Waals surface area contributed by atoms with Gasteiger partial charge < -0.3 is 15.9 Å². The minimum absolute atomic E-state index is 0.149. The minimum atomic E-state index is -0.642. The summed E-state index contributed by atoms with van der Waals surface area (Å²) in [4.78, 5) is 28.2. The summed E-state index contributed by atoms with van der Waals surface area (Å²) in [5.41, 5.74) is 5.94. The first-order valence-corrected chi connectivity index (χ1v) is 7.05. The fraction of sp³-hybridized carbons (Fsp3) is 0.0714. The number of hydrogen-bond acceptors (Lipinski definition) is 5. The molecule has 1 heterocycles. The summed E-state index contributed by atoms with van der Waals surface area (Å²) in [5, 5.41) is 7.64. The maximum atomic E-state index is 12.7. The zero-order chi connectivity index (χ0) is 15.9. The molecule has 1 aromatic carbocycles. The van der Waals surface area contributed by atoms with Gasteiger partial charge in [-0.3, -0.25) is 4.79 Å². The van der Waals surface area contributed by atoms with E-state index in [9.17, 15) is 14.0 Å². The lowest BCUT2D eigenvalue weighted by molar-refractivity contribution is -0.115. The third-order valence-electron chi connectivity index (χ3n) is 2.44. The molecule has 2 rings (SSSR count). The van der Waals surface area contributed by atoms with Gasteiger partial charge in [-0.15, -0.1) is 11.3 Å². The molecule has 0 aliphatic heterocycles. The molecule has 3 N–H and O–H groups in total. The van der Waals surface area contributed by atoms with Gasteiger partial charge in [0.25, 0.3) is 0 Å². The maximum Gasteiger partial charge on any atom is 0.375 e. The number of nitrogens with zero attached hydrogens (tertiary/aromatic N) is 1. The number of carbonyl (C=O) groups excluding carboxylic acids is 2. The van der Waals surface area contributed by atoms with Crippen molar-refractivity contribution < 1.29 is 18.8 Å². The molecule has 8 heteroatoms. The molecule has 6 nitrogen and oxygen atoms in total. The molecule has 0 saturated heterocycles. The molecule has 22 heavy (non-hydrogen) atoms. The quantitative estimate of drug-likeness (QED) is 0.382. The number of rotatable bonds is 5. The van der Waals surface area contributed by atoms with Gasteiger partial charge in [-0.25, -0.2) is 9.18 Å². The standard InChI is InChI=1S/C14H12FN3O3S/c15-9-3-5-10(6-4-9)17-13(19)8-12(16)18-21-14(20)11-2-1-7-22-11/h1-7H,8H2,(H2,16,18)(H,17,19). The molecule has 1 aromatic heterocycles. The van der Waals surface area contributed by atoms with Crippen LogP contribution >= 0.6 is 11.3 Å². The summed E-state index contributed by atoms with van der Waals surface area (Å²) in [7, 11) is 0. The Bertz CT molecular complexity index is 684. The molecule has 0 saturated carbocycles. The fourth-order valence-electron chi connectivity index (χ4n) is 1.47. The molecule has 1 amide bonds. The number of nitrogens with two attached hydrogens (primary N) is 1. The zero-order valence-electron chi connectivity index (χ0n) is 11.3. The molecule has 0 fully saturated rings. The van der Waals surface area contributed by atoms with Crippen molar-refractivity contribution in [2.75, 3.05) is 5.32 Å². The van der Waals surface area contributed by atoms with Gasteiger partial charge in [-0.1, -0.05) is 11.2 Å². The number of amidine groups is 1. The van der Waals surface area contributed by atoms with Crippen LogP contribution in [0.25, 0.3) is 0 Å². The molecule has 114 valence electrons. The van der Waals surface area contributed by atoms with Crippen molar-refractivity contribution in [2.45, 2.75) is 6.42 Å². The van der Waals surface area contributed by atoms with Crippen LogP contribution in [0.2, 0.25) is 0 Å². The van der Waals surface area contributed by atoms with Gasteiger partial charge in [0.1, 0.15) is 16.5 Å². The van der Waals surface area contributed by atoms with Crippen molar-refractivity contribution in [2.24, 2.45) is 10.9 Å². The van der Waals surface area contributed by atoms with Gasteiger partial charge in [0.05, 0.1) is 6.42 Å². The van der Waals surface area contributed by atoms with E-state index in [0.717, 1.165) is 0 Å². The Kier molecular flexibility index (Phi) is 5.21. The van der Waals surface area contributed by atoms with Crippen LogP contribution in [0.5, 0.6) is 0 Å². The van der Waals surface area contributed by atoms with Crippen LogP contribution in [0.1, 0.15) is 16.1 Å². The molecular weight excluding hydrogens is 309 g/mol. The van der Waals surface area contributed by atoms with E-state index in [4.69, 9.17) is 5.73 Å². The second kappa shape index (κ2) is 7.32. The lowest BCUT2D eigenvalue weighted by atomic mass is 10.3. The van der Waals surface area contributed by atoms with Crippen molar-refractivity contribution in [3.05, 3.63) is 52.5 Å². The Morgan fingerprint density at radius 2 is 2.00 bits per heavy atom. The molecule has 0 radical (unpaired) electrons. The molecule has 0 unspecified atom stereocenters. The van der Waals surface area contributed by atoms with E-state index in [1.807, 2.05) is 0 Å². The second-order valence-corrected chi connectivity index (χ2v) is 5.12. The summed E-state index contributed by atoms with van der Waals surface area (Å²) < 4.78 is 12.7. The number of anilines is 1. The lowest BCUT2D eigenvalue weighted by Gasteiger charge is -2.04. The van der Waals surface area contributed by atoms with E-state index in [2.05, 4.69) is 15.3 Å². The van der Waals surface area contributed by atoms with Gasteiger partial charge in [0.15, 0.2) is 0 Å². The zero-order valence-corrected chi connectivity index (χ0v) is 12.1. The number of carbonyl (C=O) groups is 2. The highest BCUT2D eigenvalue weighted by molar-refractivity contribution is 7.11. The third-order valence-corrected chi connectivity index (χ3v) is 3.29. The van der Waals surface area contributed by atoms with E-state index >= 15 is 0 Å². The monoisotopic (exact) mass is 321 g/mol. The van der Waals surface area contributed by atoms with Crippen molar-refractivity contribution in [1.82, 2.24) is 0 Å². The van der Waals surface area contributed by atoms with E-state index < -0.39 is 17.7 Å². The average Bonchev–Trinajstić information content (AvgIpc) is 3.01. The van der Waals surface area contributed by atoms with Crippen LogP contribution in [0, 0.1) is 5.82 Å². The number of nitrogens with one attached hydrogen (secondary N) is 1. The first kappa shape index (κ1) is 15.6. The summed E-state index contributed by atoms with van der Waals surface area (Å²) in [6.07, 6.45) is -0.255. The predicted octanol–water partition coefficient (Wildman–Crippen LogP) is 2.34. The number of hydrogen-bond donors (Lipinski definition) is 2. The van der Waals surface area contributed by atoms with Crippen LogP contribution in [0.3, 0.4) is 0 Å². The van der Waals surface area contributed by atoms with Gasteiger partial charge in [0, 0.05) is 5.69 Å². The number of benzene rings is 1. The molecular formula is C14H12FN3O3S. The van der Waals surface area contributed by atoms with Crippen molar-refractivity contribution >= 4 is 34.7 Å². The van der Waals surface area contributed by atoms with E-state index in [-0.39, 0.29) is 12.3 Å². The highest BCUT2D eigenvalue weighted by Crippen LogP contribution is 2.10. The van der Waals surface area contributed by atoms with Gasteiger partial charge in [0.2, 0.25) is 5.91 Å². The average molecular weight is 321 g/mol. The number of oxime groups is 1. The van der Waals surface area contributed by atoms with E-state index in [1.54, 1.807) is 17.5 Å². The van der Waals surface area contributed by atoms with Crippen molar-refractivity contribution in [3.8, 4) is 0 Å². The highest BCUT2D eigenvalue weighted by atomic mass is 32.1. The summed E-state index contributed by atoms with van der Waals surface area (Å²) in [5.74, 6) is -1.65. The van der Waals surface area contributed by atoms with Crippen LogP contribution in [0.15, 0.2) is 46.9 Å². The number of amides is 1. The molecule has 0 aliphatic rings. The van der Waals surface area contributed by atoms with Crippen molar-refractivity contribution in [3.63, 3.8) is 0 Å². The lowest BCUT2D eigenvalue weighted by Crippen LogP contribution is -2.22. The third kappa shape index (κ3) is 4.67. The van der Waals surface area contributed by atoms with Crippen molar-refractivity contribution in [1.29, 1.82) is 0 Å². The predicted molar refractivity (Wildman–Crippen MR) is 81.0 cm³/mol. The summed E-state index contributed by atoms with van der Waals surface area (Å²) in [6, 6.07) is 8.55. The van der Waals surface area contributed by atoms with E-state index in [1.165, 1.54) is 35.6 Å². The van der Waals surface area contributed by atoms with E-state index in [0.29, 0.717) is 10.6 Å². The molecule has 2 aromatic rings. The normalized spacial score (nSPS) is 11.0. The van der Waals surface area contributed by atoms with Crippen LogP contribution in [-0.2, 0) is 9.63 Å². The van der Waals surface area contributed by atoms with Crippen LogP contribution in [-0.4, -0.2) is 17.7 Å². The molecule has 0 bridgehead atoms. The SMILES string of the molecule is N/C(CC(=O)Nc1ccc(F)cc1)=N\OC(=O)c1cccs1. The second-order valence-electron chi connectivity index (χ2n) is 4.17. The largest absolute Gasteiger partial charge is 0.384 e. The van der Waals surface area contributed by atoms with Gasteiger partial charge in [-0.2, -0.15) is 0 Å². The van der Waals surface area contributed by atoms with Gasteiger partial charge in [-0.05, 0) is 35.7 Å². The summed E-state index contributed by atoms with van der Waals surface area (Å²) >= 11 is 1.20. The highest BCUT2D eigenvalue weighted by Gasteiger charge is 2.10. The molecule has 0 aliphatic carbocycles. The number of thiophene rings is 1. The Balaban J connectivity index is 1.84. The minimum Gasteiger partial charge on any atom is -0.384 e. The number of halogens is 1. The van der Waals surface area contributed by atoms with Crippen LogP contribution < -0.4 is 11.1 Å². The molecule has 0 spiro atoms. The Hall–Kier alpha value is -2.74. The topological polar surface area (TPSA) is 93.8 Å². The smallest absolute Gasteiger partial charge is 0.375 e. The van der Waals surface area contributed by atoms with Gasteiger partial charge >= 0.3 is 5.97 Å². The Labute approximate surface area is 129 Å². The fourth-order valence-corrected chi connectivity index (χ4v) is 2.07. The first-order chi connectivity index (χ1) is 10.5. The maximum absolute atomic E-state index is 12.7. The Morgan fingerprint density at radius 1 is 1.27 bits per heavy atom. The molecule has 0 atom stereocenters.